The molecule has 2 unspecified atom stereocenters. The average molecular weight is 287 g/mol. The Morgan fingerprint density at radius 2 is 2.24 bits per heavy atom. The van der Waals surface area contributed by atoms with Crippen molar-refractivity contribution >= 4 is 17.3 Å². The lowest BCUT2D eigenvalue weighted by Crippen LogP contribution is -2.53. The van der Waals surface area contributed by atoms with Crippen molar-refractivity contribution in [3.05, 3.63) is 18.6 Å². The van der Waals surface area contributed by atoms with E-state index in [-0.39, 0.29) is 0 Å². The maximum Gasteiger partial charge on any atom is 0.180 e. The molecular formula is C15H21N5O. The molecule has 112 valence electrons. The second-order valence-corrected chi connectivity index (χ2v) is 6.39. The number of rotatable bonds is 1. The number of hydrogen-bond donors (Lipinski definition) is 2. The van der Waals surface area contributed by atoms with Gasteiger partial charge in [0, 0.05) is 31.4 Å². The van der Waals surface area contributed by atoms with Crippen LogP contribution in [0.3, 0.4) is 0 Å². The van der Waals surface area contributed by atoms with Gasteiger partial charge in [-0.05, 0) is 19.3 Å². The van der Waals surface area contributed by atoms with Crippen LogP contribution in [0.15, 0.2) is 18.6 Å². The maximum atomic E-state index is 10.8. The van der Waals surface area contributed by atoms with Gasteiger partial charge in [-0.15, -0.1) is 0 Å². The Hall–Kier alpha value is -1.82. The molecule has 3 N–H and O–H groups in total. The predicted molar refractivity (Wildman–Crippen MR) is 81.1 cm³/mol. The van der Waals surface area contributed by atoms with E-state index in [1.807, 2.05) is 10.6 Å². The van der Waals surface area contributed by atoms with E-state index in [9.17, 15) is 5.11 Å². The minimum Gasteiger partial charge on any atom is -0.389 e. The van der Waals surface area contributed by atoms with E-state index < -0.39 is 5.60 Å². The molecule has 0 spiro atoms. The molecule has 4 rings (SSSR count). The third-order valence-corrected chi connectivity index (χ3v) is 5.10. The van der Waals surface area contributed by atoms with Gasteiger partial charge in [0.2, 0.25) is 0 Å². The van der Waals surface area contributed by atoms with Crippen molar-refractivity contribution in [3.63, 3.8) is 0 Å². The molecule has 2 aromatic rings. The number of nitrogens with zero attached hydrogens (tertiary/aromatic N) is 4. The number of nitrogens with two attached hydrogens (primary N) is 1. The Kier molecular flexibility index (Phi) is 2.82. The van der Waals surface area contributed by atoms with E-state index in [1.54, 1.807) is 12.4 Å². The molecule has 2 aliphatic rings. The van der Waals surface area contributed by atoms with Crippen molar-refractivity contribution in [3.8, 4) is 0 Å². The lowest BCUT2D eigenvalue weighted by Gasteiger charge is -2.47. The summed E-state index contributed by atoms with van der Waals surface area (Å²) in [5.74, 6) is 1.67. The van der Waals surface area contributed by atoms with Crippen LogP contribution in [-0.4, -0.2) is 38.2 Å². The average Bonchev–Trinajstić information content (AvgIpc) is 2.93. The molecule has 2 fully saturated rings. The highest BCUT2D eigenvalue weighted by Crippen LogP contribution is 2.41. The molecule has 1 aliphatic heterocycles. The molecule has 21 heavy (non-hydrogen) atoms. The summed E-state index contributed by atoms with van der Waals surface area (Å²) in [4.78, 5) is 11.1. The van der Waals surface area contributed by atoms with E-state index in [0.29, 0.717) is 11.7 Å². The van der Waals surface area contributed by atoms with Gasteiger partial charge < -0.3 is 20.1 Å². The largest absolute Gasteiger partial charge is 0.389 e. The first-order valence-electron chi connectivity index (χ1n) is 7.72. The summed E-state index contributed by atoms with van der Waals surface area (Å²) in [6.07, 6.45) is 10.6. The lowest BCUT2D eigenvalue weighted by molar-refractivity contribution is -0.0613. The lowest BCUT2D eigenvalue weighted by atomic mass is 9.71. The summed E-state index contributed by atoms with van der Waals surface area (Å²) in [7, 11) is 0. The first kappa shape index (κ1) is 12.9. The molecule has 6 heteroatoms. The molecule has 1 saturated carbocycles. The minimum absolute atomic E-state index is 0.332. The molecule has 0 amide bonds. The van der Waals surface area contributed by atoms with Gasteiger partial charge in [0.1, 0.15) is 5.82 Å². The van der Waals surface area contributed by atoms with Crippen LogP contribution in [-0.2, 0) is 0 Å². The van der Waals surface area contributed by atoms with Crippen LogP contribution in [0.4, 0.5) is 11.6 Å². The Morgan fingerprint density at radius 1 is 1.33 bits per heavy atom. The monoisotopic (exact) mass is 287 g/mol. The summed E-state index contributed by atoms with van der Waals surface area (Å²) < 4.78 is 1.92. The van der Waals surface area contributed by atoms with Gasteiger partial charge in [0.05, 0.1) is 11.8 Å². The predicted octanol–water partition coefficient (Wildman–Crippen LogP) is 1.44. The van der Waals surface area contributed by atoms with Crippen molar-refractivity contribution in [2.45, 2.75) is 37.7 Å². The molecule has 0 radical (unpaired) electrons. The van der Waals surface area contributed by atoms with Crippen LogP contribution in [0.1, 0.15) is 32.1 Å². The third kappa shape index (κ3) is 2.05. The van der Waals surface area contributed by atoms with Gasteiger partial charge in [-0.3, -0.25) is 0 Å². The van der Waals surface area contributed by atoms with Crippen LogP contribution < -0.4 is 10.6 Å². The molecule has 6 nitrogen and oxygen atoms in total. The number of nitrogen functional groups attached to an aromatic ring is 1. The van der Waals surface area contributed by atoms with E-state index in [1.165, 1.54) is 6.42 Å². The quantitative estimate of drug-likeness (QED) is 0.829. The number of anilines is 2. The highest BCUT2D eigenvalue weighted by molar-refractivity contribution is 5.66. The number of piperidine rings is 1. The van der Waals surface area contributed by atoms with Gasteiger partial charge in [-0.25, -0.2) is 9.97 Å². The smallest absolute Gasteiger partial charge is 0.180 e. The Labute approximate surface area is 123 Å². The second-order valence-electron chi connectivity index (χ2n) is 6.39. The molecular weight excluding hydrogens is 266 g/mol. The van der Waals surface area contributed by atoms with Crippen molar-refractivity contribution in [2.75, 3.05) is 23.7 Å². The SMILES string of the molecule is Nc1cn2ccnc2c(N2CCC3(O)CCCCC3C2)n1. The minimum atomic E-state index is -0.471. The molecule has 0 bridgehead atoms. The fraction of sp³-hybridized carbons (Fsp3) is 0.600. The highest BCUT2D eigenvalue weighted by Gasteiger charge is 2.43. The summed E-state index contributed by atoms with van der Waals surface area (Å²) >= 11 is 0. The van der Waals surface area contributed by atoms with E-state index in [2.05, 4.69) is 14.9 Å². The summed E-state index contributed by atoms with van der Waals surface area (Å²) in [6, 6.07) is 0. The normalized spacial score (nSPS) is 29.6. The zero-order valence-electron chi connectivity index (χ0n) is 12.1. The van der Waals surface area contributed by atoms with Crippen molar-refractivity contribution in [1.29, 1.82) is 0 Å². The van der Waals surface area contributed by atoms with Gasteiger partial charge in [-0.1, -0.05) is 12.8 Å². The van der Waals surface area contributed by atoms with Crippen molar-refractivity contribution in [2.24, 2.45) is 5.92 Å². The van der Waals surface area contributed by atoms with Crippen LogP contribution in [0.25, 0.3) is 5.65 Å². The van der Waals surface area contributed by atoms with Gasteiger partial charge in [0.15, 0.2) is 11.5 Å². The van der Waals surface area contributed by atoms with Gasteiger partial charge in [-0.2, -0.15) is 0 Å². The van der Waals surface area contributed by atoms with Crippen LogP contribution in [0.2, 0.25) is 0 Å². The first-order chi connectivity index (χ1) is 10.2. The fourth-order valence-corrected chi connectivity index (χ4v) is 3.91. The Balaban J connectivity index is 1.68. The van der Waals surface area contributed by atoms with E-state index in [0.717, 1.165) is 50.2 Å². The number of aromatic nitrogens is 3. The fourth-order valence-electron chi connectivity index (χ4n) is 3.91. The second kappa shape index (κ2) is 4.59. The van der Waals surface area contributed by atoms with Crippen LogP contribution in [0, 0.1) is 5.92 Å². The summed E-state index contributed by atoms with van der Waals surface area (Å²) in [6.45, 7) is 1.65. The van der Waals surface area contributed by atoms with E-state index in [4.69, 9.17) is 5.73 Å². The third-order valence-electron chi connectivity index (χ3n) is 5.10. The molecule has 0 aromatic carbocycles. The first-order valence-corrected chi connectivity index (χ1v) is 7.72. The molecule has 2 atom stereocenters. The molecule has 1 saturated heterocycles. The summed E-state index contributed by atoms with van der Waals surface area (Å²) in [5.41, 5.74) is 6.28. The van der Waals surface area contributed by atoms with E-state index >= 15 is 0 Å². The van der Waals surface area contributed by atoms with Crippen LogP contribution in [0.5, 0.6) is 0 Å². The molecule has 2 aromatic heterocycles. The Bertz CT molecular complexity index is 669. The zero-order chi connectivity index (χ0) is 14.4. The highest BCUT2D eigenvalue weighted by atomic mass is 16.3. The number of imidazole rings is 1. The molecule has 1 aliphatic carbocycles. The van der Waals surface area contributed by atoms with Gasteiger partial charge in [0.25, 0.3) is 0 Å². The standard InChI is InChI=1S/C15H21N5O/c16-12-10-20-8-6-17-13(20)14(18-12)19-7-5-15(21)4-2-1-3-11(15)9-19/h6,8,10-11,21H,1-5,7,9,16H2. The number of hydrogen-bond acceptors (Lipinski definition) is 5. The summed E-state index contributed by atoms with van der Waals surface area (Å²) in [5, 5.41) is 10.8. The molecule has 3 heterocycles. The van der Waals surface area contributed by atoms with Crippen LogP contribution >= 0.6 is 0 Å². The zero-order valence-corrected chi connectivity index (χ0v) is 12.1. The van der Waals surface area contributed by atoms with Crippen molar-refractivity contribution in [1.82, 2.24) is 14.4 Å². The van der Waals surface area contributed by atoms with Crippen molar-refractivity contribution < 1.29 is 5.11 Å². The number of fused-ring (bicyclic) bond motifs is 2. The number of aliphatic hydroxyl groups is 1. The topological polar surface area (TPSA) is 79.7 Å². The van der Waals surface area contributed by atoms with Gasteiger partial charge >= 0.3 is 0 Å². The Morgan fingerprint density at radius 3 is 3.14 bits per heavy atom. The maximum absolute atomic E-state index is 10.8.